The molecule has 0 bridgehead atoms. The molecule has 0 fully saturated rings. The third kappa shape index (κ3) is 3.82. The highest BCUT2D eigenvalue weighted by atomic mass is 32.2. The van der Waals surface area contributed by atoms with Crippen LogP contribution in [0.4, 0.5) is 0 Å². The Kier molecular flexibility index (Phi) is 4.43. The van der Waals surface area contributed by atoms with Gasteiger partial charge in [0.15, 0.2) is 4.21 Å². The van der Waals surface area contributed by atoms with Crippen molar-refractivity contribution < 1.29 is 13.5 Å². The first-order valence-electron chi connectivity index (χ1n) is 4.94. The van der Waals surface area contributed by atoms with Crippen molar-refractivity contribution in [3.8, 4) is 0 Å². The maximum Gasteiger partial charge on any atom is 0.251 e. The second-order valence-electron chi connectivity index (χ2n) is 3.81. The average molecular weight is 264 g/mol. The molecule has 0 aromatic carbocycles. The monoisotopic (exact) mass is 264 g/mol. The van der Waals surface area contributed by atoms with E-state index in [-0.39, 0.29) is 10.3 Å². The summed E-state index contributed by atoms with van der Waals surface area (Å²) in [7, 11) is -3.49. The van der Waals surface area contributed by atoms with Crippen LogP contribution in [0.15, 0.2) is 10.4 Å². The normalized spacial score (nSPS) is 16.0. The lowest BCUT2D eigenvalue weighted by molar-refractivity contribution is 0.175. The predicted molar refractivity (Wildman–Crippen MR) is 62.9 cm³/mol. The zero-order chi connectivity index (χ0) is 12.3. The van der Waals surface area contributed by atoms with E-state index in [9.17, 15) is 8.42 Å². The molecule has 1 rings (SSSR count). The fourth-order valence-corrected chi connectivity index (χ4v) is 3.73. The average Bonchev–Trinajstić information content (AvgIpc) is 2.49. The second kappa shape index (κ2) is 5.22. The molecule has 0 radical (unpaired) electrons. The highest BCUT2D eigenvalue weighted by Gasteiger charge is 2.20. The van der Waals surface area contributed by atoms with E-state index in [4.69, 9.17) is 5.11 Å². The van der Waals surface area contributed by atoms with Crippen LogP contribution in [0.2, 0.25) is 0 Å². The van der Waals surface area contributed by atoms with Crippen molar-refractivity contribution in [2.75, 3.05) is 0 Å². The Bertz CT molecular complexity index is 439. The summed E-state index contributed by atoms with van der Waals surface area (Å²) in [6.07, 6.45) is 1.20. The molecule has 0 aliphatic rings. The molecule has 1 heterocycles. The number of sulfonamides is 1. The van der Waals surface area contributed by atoms with E-state index in [2.05, 4.69) is 9.71 Å². The Morgan fingerprint density at radius 2 is 2.19 bits per heavy atom. The van der Waals surface area contributed by atoms with Gasteiger partial charge in [0, 0.05) is 6.04 Å². The van der Waals surface area contributed by atoms with Crippen molar-refractivity contribution in [2.24, 2.45) is 0 Å². The van der Waals surface area contributed by atoms with Gasteiger partial charge >= 0.3 is 0 Å². The molecule has 0 aliphatic carbocycles. The minimum Gasteiger partial charge on any atom is -0.393 e. The lowest BCUT2D eigenvalue weighted by Gasteiger charge is -2.14. The molecule has 1 aromatic heterocycles. The zero-order valence-corrected chi connectivity index (χ0v) is 11.1. The van der Waals surface area contributed by atoms with Gasteiger partial charge in [-0.2, -0.15) is 0 Å². The van der Waals surface area contributed by atoms with Gasteiger partial charge in [-0.15, -0.1) is 11.3 Å². The highest BCUT2D eigenvalue weighted by molar-refractivity contribution is 7.91. The predicted octanol–water partition coefficient (Wildman–Crippen LogP) is 0.889. The van der Waals surface area contributed by atoms with Crippen LogP contribution in [-0.4, -0.2) is 30.7 Å². The fraction of sp³-hybridized carbons (Fsp3) is 0.667. The minimum absolute atomic E-state index is 0.211. The van der Waals surface area contributed by atoms with Crippen LogP contribution in [0, 0.1) is 6.92 Å². The van der Waals surface area contributed by atoms with Crippen molar-refractivity contribution in [1.29, 1.82) is 0 Å². The van der Waals surface area contributed by atoms with Gasteiger partial charge in [0.05, 0.1) is 17.3 Å². The van der Waals surface area contributed by atoms with Crippen molar-refractivity contribution in [2.45, 2.75) is 43.5 Å². The first-order chi connectivity index (χ1) is 7.31. The number of rotatable bonds is 5. The molecule has 92 valence electrons. The Balaban J connectivity index is 2.73. The summed E-state index contributed by atoms with van der Waals surface area (Å²) in [5, 5.41) is 9.86. The third-order valence-corrected chi connectivity index (χ3v) is 4.88. The lowest BCUT2D eigenvalue weighted by atomic mass is 10.2. The van der Waals surface area contributed by atoms with Crippen LogP contribution < -0.4 is 4.72 Å². The molecule has 2 unspecified atom stereocenters. The van der Waals surface area contributed by atoms with Gasteiger partial charge < -0.3 is 5.11 Å². The quantitative estimate of drug-likeness (QED) is 0.827. The number of nitrogens with zero attached hydrogens (tertiary/aromatic N) is 1. The maximum atomic E-state index is 11.8. The summed E-state index contributed by atoms with van der Waals surface area (Å²) in [5.74, 6) is 0. The number of hydrogen-bond acceptors (Lipinski definition) is 5. The SMILES string of the molecule is Cc1ncc(S(=O)(=O)NC(C)CC(C)O)s1. The molecular weight excluding hydrogens is 248 g/mol. The first-order valence-corrected chi connectivity index (χ1v) is 7.24. The minimum atomic E-state index is -3.49. The van der Waals surface area contributed by atoms with Gasteiger partial charge in [-0.1, -0.05) is 0 Å². The van der Waals surface area contributed by atoms with Gasteiger partial charge in [0.1, 0.15) is 0 Å². The summed E-state index contributed by atoms with van der Waals surface area (Å²) in [6.45, 7) is 5.10. The Hall–Kier alpha value is -0.500. The van der Waals surface area contributed by atoms with Gasteiger partial charge in [-0.25, -0.2) is 18.1 Å². The number of aliphatic hydroxyl groups is 1. The van der Waals surface area contributed by atoms with Gasteiger partial charge in [0.2, 0.25) is 0 Å². The maximum absolute atomic E-state index is 11.8. The van der Waals surface area contributed by atoms with Crippen molar-refractivity contribution >= 4 is 21.4 Å². The summed E-state index contributed by atoms with van der Waals surface area (Å²) < 4.78 is 26.3. The van der Waals surface area contributed by atoms with Crippen molar-refractivity contribution in [1.82, 2.24) is 9.71 Å². The van der Waals surface area contributed by atoms with E-state index in [0.717, 1.165) is 11.3 Å². The molecule has 7 heteroatoms. The molecule has 16 heavy (non-hydrogen) atoms. The molecule has 0 spiro atoms. The van der Waals surface area contributed by atoms with Crippen LogP contribution in [0.1, 0.15) is 25.3 Å². The Morgan fingerprint density at radius 1 is 1.56 bits per heavy atom. The Labute approximate surface area is 99.6 Å². The van der Waals surface area contributed by atoms with E-state index in [0.29, 0.717) is 11.4 Å². The molecule has 0 aliphatic heterocycles. The molecule has 2 N–H and O–H groups in total. The fourth-order valence-electron chi connectivity index (χ4n) is 1.35. The number of aryl methyl sites for hydroxylation is 1. The molecular formula is C9H16N2O3S2. The smallest absolute Gasteiger partial charge is 0.251 e. The van der Waals surface area contributed by atoms with Gasteiger partial charge in [0.25, 0.3) is 10.0 Å². The summed E-state index contributed by atoms with van der Waals surface area (Å²) in [5.41, 5.74) is 0. The summed E-state index contributed by atoms with van der Waals surface area (Å²) >= 11 is 1.13. The zero-order valence-electron chi connectivity index (χ0n) is 9.47. The first kappa shape index (κ1) is 13.6. The van der Waals surface area contributed by atoms with E-state index >= 15 is 0 Å². The van der Waals surface area contributed by atoms with Crippen LogP contribution in [0.25, 0.3) is 0 Å². The van der Waals surface area contributed by atoms with E-state index in [1.54, 1.807) is 20.8 Å². The molecule has 0 saturated heterocycles. The van der Waals surface area contributed by atoms with E-state index in [1.807, 2.05) is 0 Å². The highest BCUT2D eigenvalue weighted by Crippen LogP contribution is 2.18. The van der Waals surface area contributed by atoms with Crippen LogP contribution in [0.3, 0.4) is 0 Å². The number of hydrogen-bond donors (Lipinski definition) is 2. The number of thiazole rings is 1. The van der Waals surface area contributed by atoms with E-state index < -0.39 is 16.1 Å². The standard InChI is InChI=1S/C9H16N2O3S2/c1-6(4-7(2)12)11-16(13,14)9-5-10-8(3)15-9/h5-7,11-12H,4H2,1-3H3. The number of aliphatic hydroxyl groups excluding tert-OH is 1. The van der Waals surface area contributed by atoms with Crippen LogP contribution >= 0.6 is 11.3 Å². The molecule has 2 atom stereocenters. The number of aromatic nitrogens is 1. The lowest BCUT2D eigenvalue weighted by Crippen LogP contribution is -2.34. The largest absolute Gasteiger partial charge is 0.393 e. The van der Waals surface area contributed by atoms with E-state index in [1.165, 1.54) is 6.20 Å². The van der Waals surface area contributed by atoms with Gasteiger partial charge in [-0.05, 0) is 27.2 Å². The summed E-state index contributed by atoms with van der Waals surface area (Å²) in [6, 6.07) is -0.299. The Morgan fingerprint density at radius 3 is 2.62 bits per heavy atom. The van der Waals surface area contributed by atoms with Crippen LogP contribution in [-0.2, 0) is 10.0 Å². The molecule has 5 nitrogen and oxygen atoms in total. The second-order valence-corrected chi connectivity index (χ2v) is 6.98. The third-order valence-electron chi connectivity index (χ3n) is 1.92. The van der Waals surface area contributed by atoms with Crippen LogP contribution in [0.5, 0.6) is 0 Å². The van der Waals surface area contributed by atoms with Gasteiger partial charge in [-0.3, -0.25) is 0 Å². The molecule has 1 aromatic rings. The van der Waals surface area contributed by atoms with Crippen molar-refractivity contribution in [3.05, 3.63) is 11.2 Å². The number of nitrogens with one attached hydrogen (secondary N) is 1. The van der Waals surface area contributed by atoms with Crippen molar-refractivity contribution in [3.63, 3.8) is 0 Å². The molecule has 0 saturated carbocycles. The molecule has 0 amide bonds. The summed E-state index contributed by atoms with van der Waals surface area (Å²) in [4.78, 5) is 3.90. The topological polar surface area (TPSA) is 79.3 Å².